The number of carbonyl (C=O) groups excluding carboxylic acids is 2. The number of hydrogen-bond donors (Lipinski definition) is 1. The predicted octanol–water partition coefficient (Wildman–Crippen LogP) is 7.38. The van der Waals surface area contributed by atoms with Crippen LogP contribution in [-0.2, 0) is 11.3 Å². The standard InChI is InChI=1S/C35H30N2O5/c1-3-41-35(39)28-15-7-9-18-32(28)42-22-25-21-24(19-20-31(25)40-2)33-36-29-16-8-6-14-27(29)34(38)37(33)30-17-10-12-23-11-4-5-13-26(23)30/h4-21,33,36H,3,22H2,1-2H3/t33-/m0/s1. The Morgan fingerprint density at radius 1 is 0.857 bits per heavy atom. The van der Waals surface area contributed by atoms with Crippen LogP contribution in [0.4, 0.5) is 11.4 Å². The number of nitrogens with one attached hydrogen (secondary N) is 1. The summed E-state index contributed by atoms with van der Waals surface area (Å²) in [6.45, 7) is 2.17. The van der Waals surface area contributed by atoms with E-state index >= 15 is 0 Å². The molecule has 0 aliphatic carbocycles. The molecule has 0 saturated heterocycles. The zero-order valence-corrected chi connectivity index (χ0v) is 23.4. The van der Waals surface area contributed by atoms with Gasteiger partial charge in [0.05, 0.1) is 25.0 Å². The molecular weight excluding hydrogens is 528 g/mol. The van der Waals surface area contributed by atoms with Gasteiger partial charge < -0.3 is 19.5 Å². The third kappa shape index (κ3) is 5.01. The highest BCUT2D eigenvalue weighted by Gasteiger charge is 2.35. The minimum atomic E-state index is -0.505. The summed E-state index contributed by atoms with van der Waals surface area (Å²) in [5, 5.41) is 5.62. The van der Waals surface area contributed by atoms with Crippen LogP contribution in [0.3, 0.4) is 0 Å². The zero-order valence-electron chi connectivity index (χ0n) is 23.4. The van der Waals surface area contributed by atoms with E-state index < -0.39 is 12.1 Å². The van der Waals surface area contributed by atoms with Gasteiger partial charge in [0.25, 0.3) is 5.91 Å². The maximum absolute atomic E-state index is 14.1. The van der Waals surface area contributed by atoms with Gasteiger partial charge in [0.2, 0.25) is 0 Å². The zero-order chi connectivity index (χ0) is 29.1. The maximum Gasteiger partial charge on any atom is 0.341 e. The van der Waals surface area contributed by atoms with E-state index in [1.54, 1.807) is 32.2 Å². The number of rotatable bonds is 8. The Morgan fingerprint density at radius 2 is 1.62 bits per heavy atom. The van der Waals surface area contributed by atoms with E-state index in [2.05, 4.69) is 5.32 Å². The molecule has 42 heavy (non-hydrogen) atoms. The fourth-order valence-electron chi connectivity index (χ4n) is 5.36. The van der Waals surface area contributed by atoms with Crippen molar-refractivity contribution in [2.45, 2.75) is 19.7 Å². The van der Waals surface area contributed by atoms with Crippen molar-refractivity contribution in [3.63, 3.8) is 0 Å². The summed E-state index contributed by atoms with van der Waals surface area (Å²) >= 11 is 0. The molecule has 7 heteroatoms. The Balaban J connectivity index is 1.40. The van der Waals surface area contributed by atoms with Crippen molar-refractivity contribution in [1.82, 2.24) is 0 Å². The molecular formula is C35H30N2O5. The highest BCUT2D eigenvalue weighted by atomic mass is 16.5. The number of amides is 1. The number of hydrogen-bond acceptors (Lipinski definition) is 6. The van der Waals surface area contributed by atoms with E-state index in [1.807, 2.05) is 95.9 Å². The van der Waals surface area contributed by atoms with E-state index in [9.17, 15) is 9.59 Å². The maximum atomic E-state index is 14.1. The number of nitrogens with zero attached hydrogens (tertiary/aromatic N) is 1. The largest absolute Gasteiger partial charge is 0.496 e. The van der Waals surface area contributed by atoms with Crippen LogP contribution in [0.2, 0.25) is 0 Å². The SMILES string of the molecule is CCOC(=O)c1ccccc1OCc1cc([C@H]2Nc3ccccc3C(=O)N2c2cccc3ccccc23)ccc1OC. The lowest BCUT2D eigenvalue weighted by Gasteiger charge is -2.39. The Hall–Kier alpha value is -5.30. The number of carbonyl (C=O) groups is 2. The van der Waals surface area contributed by atoms with Crippen LogP contribution in [0.15, 0.2) is 109 Å². The summed E-state index contributed by atoms with van der Waals surface area (Å²) in [4.78, 5) is 28.4. The molecule has 0 bridgehead atoms. The minimum Gasteiger partial charge on any atom is -0.496 e. The molecule has 0 spiro atoms. The number of fused-ring (bicyclic) bond motifs is 2. The second kappa shape index (κ2) is 11.7. The van der Waals surface area contributed by atoms with Crippen LogP contribution < -0.4 is 19.7 Å². The average Bonchev–Trinajstić information content (AvgIpc) is 3.03. The van der Waals surface area contributed by atoms with Gasteiger partial charge in [-0.15, -0.1) is 0 Å². The van der Waals surface area contributed by atoms with Crippen molar-refractivity contribution >= 4 is 34.0 Å². The number of methoxy groups -OCH3 is 1. The van der Waals surface area contributed by atoms with Gasteiger partial charge in [-0.3, -0.25) is 9.69 Å². The molecule has 210 valence electrons. The van der Waals surface area contributed by atoms with E-state index in [0.717, 1.165) is 33.3 Å². The normalized spacial score (nSPS) is 14.2. The molecule has 7 nitrogen and oxygen atoms in total. The monoisotopic (exact) mass is 558 g/mol. The van der Waals surface area contributed by atoms with Crippen LogP contribution >= 0.6 is 0 Å². The van der Waals surface area contributed by atoms with Crippen molar-refractivity contribution in [2.75, 3.05) is 23.9 Å². The molecule has 6 rings (SSSR count). The van der Waals surface area contributed by atoms with Gasteiger partial charge in [-0.1, -0.05) is 66.7 Å². The van der Waals surface area contributed by atoms with E-state index in [-0.39, 0.29) is 19.1 Å². The Bertz CT molecular complexity index is 1780. The fraction of sp³-hybridized carbons (Fsp3) is 0.143. The summed E-state index contributed by atoms with van der Waals surface area (Å²) in [5.74, 6) is 0.512. The molecule has 0 radical (unpaired) electrons. The molecule has 1 amide bonds. The highest BCUT2D eigenvalue weighted by molar-refractivity contribution is 6.15. The first-order chi connectivity index (χ1) is 20.6. The van der Waals surface area contributed by atoms with Crippen molar-refractivity contribution in [3.05, 3.63) is 131 Å². The van der Waals surface area contributed by atoms with Crippen LogP contribution in [0, 0.1) is 0 Å². The lowest BCUT2D eigenvalue weighted by Crippen LogP contribution is -2.43. The van der Waals surface area contributed by atoms with Crippen molar-refractivity contribution in [2.24, 2.45) is 0 Å². The third-order valence-electron chi connectivity index (χ3n) is 7.34. The lowest BCUT2D eigenvalue weighted by atomic mass is 9.99. The molecule has 1 aliphatic heterocycles. The lowest BCUT2D eigenvalue weighted by molar-refractivity contribution is 0.0521. The molecule has 1 N–H and O–H groups in total. The summed E-state index contributed by atoms with van der Waals surface area (Å²) in [6.07, 6.45) is -0.505. The van der Waals surface area contributed by atoms with Gasteiger partial charge in [0.15, 0.2) is 0 Å². The summed E-state index contributed by atoms with van der Waals surface area (Å²) in [7, 11) is 1.60. The Labute approximate surface area is 244 Å². The van der Waals surface area contributed by atoms with Gasteiger partial charge in [-0.05, 0) is 60.3 Å². The molecule has 0 saturated carbocycles. The minimum absolute atomic E-state index is 0.0947. The van der Waals surface area contributed by atoms with E-state index in [0.29, 0.717) is 22.6 Å². The van der Waals surface area contributed by atoms with E-state index in [1.165, 1.54) is 0 Å². The summed E-state index contributed by atoms with van der Waals surface area (Å²) in [6, 6.07) is 34.4. The van der Waals surface area contributed by atoms with Crippen molar-refractivity contribution in [3.8, 4) is 11.5 Å². The summed E-state index contributed by atoms with van der Waals surface area (Å²) in [5.41, 5.74) is 4.15. The Morgan fingerprint density at radius 3 is 2.48 bits per heavy atom. The first-order valence-electron chi connectivity index (χ1n) is 13.8. The topological polar surface area (TPSA) is 77.1 Å². The summed E-state index contributed by atoms with van der Waals surface area (Å²) < 4.78 is 17.0. The molecule has 1 atom stereocenters. The molecule has 5 aromatic rings. The first-order valence-corrected chi connectivity index (χ1v) is 13.8. The van der Waals surface area contributed by atoms with Gasteiger partial charge in [-0.2, -0.15) is 0 Å². The second-order valence-corrected chi connectivity index (χ2v) is 9.84. The van der Waals surface area contributed by atoms with Crippen LogP contribution in [-0.4, -0.2) is 25.6 Å². The number of benzene rings is 5. The molecule has 0 fully saturated rings. The smallest absolute Gasteiger partial charge is 0.341 e. The molecule has 0 unspecified atom stereocenters. The van der Waals surface area contributed by atoms with Crippen LogP contribution in [0.1, 0.15) is 44.9 Å². The number of ether oxygens (including phenoxy) is 3. The third-order valence-corrected chi connectivity index (χ3v) is 7.34. The van der Waals surface area contributed by atoms with E-state index in [4.69, 9.17) is 14.2 Å². The van der Waals surface area contributed by atoms with Crippen molar-refractivity contribution in [1.29, 1.82) is 0 Å². The van der Waals surface area contributed by atoms with Gasteiger partial charge in [0, 0.05) is 16.6 Å². The second-order valence-electron chi connectivity index (χ2n) is 9.84. The first kappa shape index (κ1) is 26.9. The van der Waals surface area contributed by atoms with Crippen LogP contribution in [0.5, 0.6) is 11.5 Å². The molecule has 1 heterocycles. The predicted molar refractivity (Wildman–Crippen MR) is 163 cm³/mol. The Kier molecular flexibility index (Phi) is 7.47. The quantitative estimate of drug-likeness (QED) is 0.200. The number of anilines is 2. The number of para-hydroxylation sites is 2. The molecule has 0 aromatic heterocycles. The fourth-order valence-corrected chi connectivity index (χ4v) is 5.36. The van der Waals surface area contributed by atoms with Gasteiger partial charge in [-0.25, -0.2) is 4.79 Å². The number of esters is 1. The van der Waals surface area contributed by atoms with Crippen LogP contribution in [0.25, 0.3) is 10.8 Å². The average molecular weight is 559 g/mol. The molecule has 5 aromatic carbocycles. The van der Waals surface area contributed by atoms with Gasteiger partial charge in [0.1, 0.15) is 29.8 Å². The highest BCUT2D eigenvalue weighted by Crippen LogP contribution is 2.40. The molecule has 1 aliphatic rings. The van der Waals surface area contributed by atoms with Crippen molar-refractivity contribution < 1.29 is 23.8 Å². The van der Waals surface area contributed by atoms with Gasteiger partial charge >= 0.3 is 5.97 Å².